The van der Waals surface area contributed by atoms with Crippen LogP contribution >= 0.6 is 11.8 Å². The highest BCUT2D eigenvalue weighted by atomic mass is 32.2. The smallest absolute Gasteiger partial charge is 0.230 e. The minimum Gasteiger partial charge on any atom is -0.230 e. The first-order valence-electron chi connectivity index (χ1n) is 2.79. The van der Waals surface area contributed by atoms with E-state index >= 15 is 0 Å². The summed E-state index contributed by atoms with van der Waals surface area (Å²) in [6.07, 6.45) is 0. The van der Waals surface area contributed by atoms with E-state index in [0.717, 1.165) is 0 Å². The molecule has 0 amide bonds. The highest BCUT2D eigenvalue weighted by Gasteiger charge is 2.72. The van der Waals surface area contributed by atoms with Gasteiger partial charge in [0, 0.05) is 0 Å². The molecular formula is C5H5F5S. The van der Waals surface area contributed by atoms with Crippen LogP contribution in [-0.2, 0) is 0 Å². The van der Waals surface area contributed by atoms with Crippen LogP contribution in [0.1, 0.15) is 6.92 Å². The van der Waals surface area contributed by atoms with Gasteiger partial charge in [0.1, 0.15) is 0 Å². The number of rotatable bonds is 0. The van der Waals surface area contributed by atoms with E-state index in [1.165, 1.54) is 0 Å². The fourth-order valence-electron chi connectivity index (χ4n) is 0.665. The van der Waals surface area contributed by atoms with Crippen molar-refractivity contribution in [2.45, 2.75) is 23.8 Å². The lowest BCUT2D eigenvalue weighted by atomic mass is 10.0. The van der Waals surface area contributed by atoms with Gasteiger partial charge >= 0.3 is 5.25 Å². The van der Waals surface area contributed by atoms with Crippen LogP contribution in [0.15, 0.2) is 0 Å². The molecule has 0 aromatic rings. The lowest BCUT2D eigenvalue weighted by molar-refractivity contribution is -0.175. The number of hydrogen-bond acceptors (Lipinski definition) is 1. The molecule has 1 atom stereocenters. The third-order valence-corrected chi connectivity index (χ3v) is 2.92. The molecule has 0 radical (unpaired) electrons. The minimum atomic E-state index is -3.98. The van der Waals surface area contributed by atoms with Crippen LogP contribution < -0.4 is 0 Å². The summed E-state index contributed by atoms with van der Waals surface area (Å²) < 4.78 is 62.0. The van der Waals surface area contributed by atoms with Crippen LogP contribution in [0, 0.1) is 0 Å². The Bertz CT molecular complexity index is 158. The Labute approximate surface area is 64.1 Å². The Morgan fingerprint density at radius 1 is 1.09 bits per heavy atom. The minimum absolute atomic E-state index is 0.229. The molecule has 1 aliphatic heterocycles. The molecule has 1 fully saturated rings. The molecular weight excluding hydrogens is 187 g/mol. The molecule has 0 saturated carbocycles. The summed E-state index contributed by atoms with van der Waals surface area (Å²) in [6, 6.07) is 0. The van der Waals surface area contributed by atoms with Gasteiger partial charge < -0.3 is 0 Å². The SMILES string of the molecule is CC1(F)C(F)(F)CSC1(F)F. The monoisotopic (exact) mass is 192 g/mol. The summed E-state index contributed by atoms with van der Waals surface area (Å²) in [5.41, 5.74) is -3.72. The Morgan fingerprint density at radius 3 is 1.64 bits per heavy atom. The second-order valence-corrected chi connectivity index (χ2v) is 3.60. The fourth-order valence-corrected chi connectivity index (χ4v) is 1.72. The van der Waals surface area contributed by atoms with Gasteiger partial charge in [0.2, 0.25) is 5.67 Å². The average Bonchev–Trinajstić information content (AvgIpc) is 1.93. The van der Waals surface area contributed by atoms with Crippen LogP contribution in [-0.4, -0.2) is 22.6 Å². The Kier molecular flexibility index (Phi) is 1.67. The number of hydrogen-bond donors (Lipinski definition) is 0. The lowest BCUT2D eigenvalue weighted by Crippen LogP contribution is -2.47. The third-order valence-electron chi connectivity index (χ3n) is 1.67. The van der Waals surface area contributed by atoms with Crippen LogP contribution in [0.3, 0.4) is 0 Å². The number of alkyl halides is 5. The molecule has 1 heterocycles. The molecule has 1 unspecified atom stereocenters. The zero-order chi connectivity index (χ0) is 8.91. The Balaban J connectivity index is 3.00. The van der Waals surface area contributed by atoms with Crippen molar-refractivity contribution < 1.29 is 22.0 Å². The summed E-state index contributed by atoms with van der Waals surface area (Å²) in [4.78, 5) is 0. The molecule has 11 heavy (non-hydrogen) atoms. The van der Waals surface area contributed by atoms with Crippen molar-refractivity contribution in [2.24, 2.45) is 0 Å². The van der Waals surface area contributed by atoms with Crippen LogP contribution in [0.5, 0.6) is 0 Å². The molecule has 6 heteroatoms. The maximum atomic E-state index is 12.6. The predicted molar refractivity (Wildman–Crippen MR) is 31.9 cm³/mol. The zero-order valence-electron chi connectivity index (χ0n) is 5.51. The summed E-state index contributed by atoms with van der Waals surface area (Å²) in [6.45, 7) is 0.229. The van der Waals surface area contributed by atoms with Crippen LogP contribution in [0.4, 0.5) is 22.0 Å². The van der Waals surface area contributed by atoms with Crippen molar-refractivity contribution in [3.8, 4) is 0 Å². The predicted octanol–water partition coefficient (Wildman–Crippen LogP) is 2.69. The number of thioether (sulfide) groups is 1. The van der Waals surface area contributed by atoms with E-state index in [0.29, 0.717) is 0 Å². The standard InChI is InChI=1S/C5H5F5S/c1-3(6)4(7,8)2-11-5(3,9)10/h2H2,1H3. The Hall–Kier alpha value is -0.0000000000000000555. The van der Waals surface area contributed by atoms with Crippen molar-refractivity contribution in [1.29, 1.82) is 0 Å². The fraction of sp³-hybridized carbons (Fsp3) is 1.00. The van der Waals surface area contributed by atoms with Gasteiger partial charge in [-0.05, 0) is 6.92 Å². The lowest BCUT2D eigenvalue weighted by Gasteiger charge is -2.25. The summed E-state index contributed by atoms with van der Waals surface area (Å²) >= 11 is -0.345. The zero-order valence-corrected chi connectivity index (χ0v) is 6.32. The maximum Gasteiger partial charge on any atom is 0.333 e. The molecule has 0 bridgehead atoms. The van der Waals surface area contributed by atoms with Gasteiger partial charge in [-0.3, -0.25) is 0 Å². The van der Waals surface area contributed by atoms with Crippen LogP contribution in [0.25, 0.3) is 0 Å². The van der Waals surface area contributed by atoms with E-state index < -0.39 is 22.6 Å². The van der Waals surface area contributed by atoms with Crippen molar-refractivity contribution in [2.75, 3.05) is 5.75 Å². The van der Waals surface area contributed by atoms with E-state index in [2.05, 4.69) is 0 Å². The van der Waals surface area contributed by atoms with E-state index in [9.17, 15) is 22.0 Å². The maximum absolute atomic E-state index is 12.6. The Morgan fingerprint density at radius 2 is 1.55 bits per heavy atom. The van der Waals surface area contributed by atoms with Gasteiger partial charge in [-0.1, -0.05) is 11.8 Å². The van der Waals surface area contributed by atoms with E-state index in [1.54, 1.807) is 0 Å². The molecule has 1 saturated heterocycles. The summed E-state index contributed by atoms with van der Waals surface area (Å²) in [5.74, 6) is -5.09. The molecule has 0 nitrogen and oxygen atoms in total. The van der Waals surface area contributed by atoms with Gasteiger partial charge in [0.15, 0.2) is 0 Å². The topological polar surface area (TPSA) is 0 Å². The quantitative estimate of drug-likeness (QED) is 0.532. The summed E-state index contributed by atoms with van der Waals surface area (Å²) in [7, 11) is 0. The van der Waals surface area contributed by atoms with Crippen molar-refractivity contribution in [1.82, 2.24) is 0 Å². The molecule has 0 spiro atoms. The van der Waals surface area contributed by atoms with Gasteiger partial charge in [-0.2, -0.15) is 8.78 Å². The molecule has 1 rings (SSSR count). The van der Waals surface area contributed by atoms with Crippen molar-refractivity contribution in [3.63, 3.8) is 0 Å². The highest BCUT2D eigenvalue weighted by molar-refractivity contribution is 8.00. The summed E-state index contributed by atoms with van der Waals surface area (Å²) in [5, 5.41) is -3.98. The average molecular weight is 192 g/mol. The first-order chi connectivity index (χ1) is 4.71. The van der Waals surface area contributed by atoms with E-state index in [1.807, 2.05) is 0 Å². The van der Waals surface area contributed by atoms with Gasteiger partial charge in [0.05, 0.1) is 5.75 Å². The first-order valence-corrected chi connectivity index (χ1v) is 3.78. The third kappa shape index (κ3) is 1.02. The van der Waals surface area contributed by atoms with Gasteiger partial charge in [-0.15, -0.1) is 0 Å². The molecule has 0 aromatic carbocycles. The molecule has 1 aliphatic rings. The molecule has 66 valence electrons. The van der Waals surface area contributed by atoms with Crippen molar-refractivity contribution in [3.05, 3.63) is 0 Å². The van der Waals surface area contributed by atoms with Crippen LogP contribution in [0.2, 0.25) is 0 Å². The largest absolute Gasteiger partial charge is 0.333 e. The second kappa shape index (κ2) is 2.02. The van der Waals surface area contributed by atoms with Gasteiger partial charge in [0.25, 0.3) is 5.92 Å². The molecule has 0 aliphatic carbocycles. The van der Waals surface area contributed by atoms with E-state index in [4.69, 9.17) is 0 Å². The highest BCUT2D eigenvalue weighted by Crippen LogP contribution is 2.57. The molecule has 0 aromatic heterocycles. The molecule has 0 N–H and O–H groups in total. The first kappa shape index (κ1) is 9.09. The van der Waals surface area contributed by atoms with Gasteiger partial charge in [-0.25, -0.2) is 13.2 Å². The second-order valence-electron chi connectivity index (χ2n) is 2.51. The van der Waals surface area contributed by atoms with E-state index in [-0.39, 0.29) is 18.7 Å². The number of halogens is 5. The van der Waals surface area contributed by atoms with Crippen molar-refractivity contribution >= 4 is 11.8 Å². The normalized spacial score (nSPS) is 40.9.